The first-order valence-electron chi connectivity index (χ1n) is 8.24. The molecular weight excluding hydrogens is 294 g/mol. The number of nitrogens with one attached hydrogen (secondary N) is 1. The number of carbonyl (C=O) groups excluding carboxylic acids is 2. The van der Waals surface area contributed by atoms with E-state index in [0.29, 0.717) is 11.8 Å². The maximum atomic E-state index is 12.1. The van der Waals surface area contributed by atoms with Gasteiger partial charge in [-0.3, -0.25) is 4.79 Å². The summed E-state index contributed by atoms with van der Waals surface area (Å²) in [5.74, 6) is 0.199. The van der Waals surface area contributed by atoms with E-state index in [9.17, 15) is 9.59 Å². The Morgan fingerprint density at radius 1 is 1.09 bits per heavy atom. The van der Waals surface area contributed by atoms with Gasteiger partial charge < -0.3 is 14.8 Å². The summed E-state index contributed by atoms with van der Waals surface area (Å²) in [5.41, 5.74) is 0.942. The molecule has 3 aliphatic rings. The van der Waals surface area contributed by atoms with Crippen molar-refractivity contribution in [2.75, 3.05) is 7.11 Å². The number of esters is 1. The zero-order valence-corrected chi connectivity index (χ0v) is 13.4. The molecule has 1 aromatic carbocycles. The molecule has 5 heteroatoms. The monoisotopic (exact) mass is 317 g/mol. The van der Waals surface area contributed by atoms with Crippen LogP contribution in [0, 0.1) is 17.8 Å². The number of hydrogen-bond acceptors (Lipinski definition) is 4. The summed E-state index contributed by atoms with van der Waals surface area (Å²) < 4.78 is 10.3. The number of ether oxygens (including phenoxy) is 2. The second-order valence-corrected chi connectivity index (χ2v) is 6.46. The van der Waals surface area contributed by atoms with Crippen LogP contribution in [0.4, 0.5) is 4.79 Å². The Bertz CT molecular complexity index is 551. The van der Waals surface area contributed by atoms with Gasteiger partial charge in [0.2, 0.25) is 0 Å². The third-order valence-electron chi connectivity index (χ3n) is 5.19. The summed E-state index contributed by atoms with van der Waals surface area (Å²) in [4.78, 5) is 24.2. The first-order valence-corrected chi connectivity index (χ1v) is 8.24. The van der Waals surface area contributed by atoms with Crippen molar-refractivity contribution in [3.63, 3.8) is 0 Å². The van der Waals surface area contributed by atoms with E-state index >= 15 is 0 Å². The highest BCUT2D eigenvalue weighted by Crippen LogP contribution is 2.45. The van der Waals surface area contributed by atoms with Crippen LogP contribution in [-0.2, 0) is 20.9 Å². The molecular formula is C18H23NO4. The average molecular weight is 317 g/mol. The van der Waals surface area contributed by atoms with Gasteiger partial charge in [0, 0.05) is 6.04 Å². The van der Waals surface area contributed by atoms with Crippen molar-refractivity contribution in [3.05, 3.63) is 35.9 Å². The van der Waals surface area contributed by atoms with Crippen LogP contribution in [0.1, 0.15) is 31.2 Å². The van der Waals surface area contributed by atoms with Crippen molar-refractivity contribution in [1.82, 2.24) is 5.32 Å². The highest BCUT2D eigenvalue weighted by molar-refractivity contribution is 5.76. The lowest BCUT2D eigenvalue weighted by Crippen LogP contribution is -2.56. The van der Waals surface area contributed by atoms with Crippen molar-refractivity contribution >= 4 is 12.1 Å². The van der Waals surface area contributed by atoms with Gasteiger partial charge in [0.25, 0.3) is 0 Å². The Labute approximate surface area is 136 Å². The molecule has 0 saturated heterocycles. The number of rotatable bonds is 4. The standard InChI is InChI=1S/C18H23NO4/c1-22-17(20)15-13-7-9-14(10-8-13)16(15)19-18(21)23-11-12-5-3-2-4-6-12/h2-6,13-16H,7-11H2,1H3,(H,19,21). The van der Waals surface area contributed by atoms with E-state index in [4.69, 9.17) is 9.47 Å². The fourth-order valence-corrected chi connectivity index (χ4v) is 4.03. The van der Waals surface area contributed by atoms with Crippen molar-refractivity contribution in [1.29, 1.82) is 0 Å². The zero-order valence-electron chi connectivity index (χ0n) is 13.4. The van der Waals surface area contributed by atoms with E-state index in [0.717, 1.165) is 31.2 Å². The molecule has 0 aromatic heterocycles. The van der Waals surface area contributed by atoms with Gasteiger partial charge in [-0.1, -0.05) is 30.3 Å². The van der Waals surface area contributed by atoms with Gasteiger partial charge >= 0.3 is 12.1 Å². The minimum absolute atomic E-state index is 0.168. The van der Waals surface area contributed by atoms with Gasteiger partial charge in [-0.05, 0) is 43.1 Å². The van der Waals surface area contributed by atoms with Crippen LogP contribution in [0.5, 0.6) is 0 Å². The molecule has 2 atom stereocenters. The molecule has 23 heavy (non-hydrogen) atoms. The van der Waals surface area contributed by atoms with Crippen molar-refractivity contribution in [3.8, 4) is 0 Å². The van der Waals surface area contributed by atoms with Crippen LogP contribution >= 0.6 is 0 Å². The maximum absolute atomic E-state index is 12.1. The first-order chi connectivity index (χ1) is 11.2. The Hall–Kier alpha value is -2.04. The summed E-state index contributed by atoms with van der Waals surface area (Å²) in [6.45, 7) is 0.233. The molecule has 2 unspecified atom stereocenters. The summed E-state index contributed by atoms with van der Waals surface area (Å²) in [6, 6.07) is 9.38. The molecule has 0 heterocycles. The van der Waals surface area contributed by atoms with Gasteiger partial charge in [0.1, 0.15) is 6.61 Å². The molecule has 2 bridgehead atoms. The Morgan fingerprint density at radius 3 is 2.39 bits per heavy atom. The van der Waals surface area contributed by atoms with Gasteiger partial charge in [-0.2, -0.15) is 0 Å². The molecule has 4 rings (SSSR count). The minimum atomic E-state index is -0.458. The number of methoxy groups -OCH3 is 1. The molecule has 1 aromatic rings. The number of alkyl carbamates (subject to hydrolysis) is 1. The fraction of sp³-hybridized carbons (Fsp3) is 0.556. The molecule has 1 amide bonds. The fourth-order valence-electron chi connectivity index (χ4n) is 4.03. The number of carbonyl (C=O) groups is 2. The highest BCUT2D eigenvalue weighted by Gasteiger charge is 2.48. The van der Waals surface area contributed by atoms with Crippen LogP contribution in [-0.4, -0.2) is 25.2 Å². The van der Waals surface area contributed by atoms with E-state index in [2.05, 4.69) is 5.32 Å². The van der Waals surface area contributed by atoms with E-state index in [1.165, 1.54) is 7.11 Å². The predicted octanol–water partition coefficient (Wildman–Crippen LogP) is 2.89. The SMILES string of the molecule is COC(=O)C1C2CCC(CC2)C1NC(=O)OCc1ccccc1. The Morgan fingerprint density at radius 2 is 1.74 bits per heavy atom. The molecule has 5 nitrogen and oxygen atoms in total. The third-order valence-corrected chi connectivity index (χ3v) is 5.19. The van der Waals surface area contributed by atoms with Crippen LogP contribution in [0.3, 0.4) is 0 Å². The lowest BCUT2D eigenvalue weighted by Gasteiger charge is -2.47. The molecule has 3 fully saturated rings. The number of fused-ring (bicyclic) bond motifs is 3. The molecule has 0 spiro atoms. The van der Waals surface area contributed by atoms with E-state index in [-0.39, 0.29) is 24.5 Å². The normalized spacial score (nSPS) is 28.9. The van der Waals surface area contributed by atoms with Crippen LogP contribution in [0.2, 0.25) is 0 Å². The third kappa shape index (κ3) is 3.49. The highest BCUT2D eigenvalue weighted by atomic mass is 16.5. The number of benzene rings is 1. The summed E-state index contributed by atoms with van der Waals surface area (Å²) in [5, 5.41) is 2.92. The summed E-state index contributed by atoms with van der Waals surface area (Å²) in [7, 11) is 1.41. The van der Waals surface area contributed by atoms with Crippen molar-refractivity contribution in [2.24, 2.45) is 17.8 Å². The Kier molecular flexibility index (Phi) is 4.84. The van der Waals surface area contributed by atoms with E-state index < -0.39 is 6.09 Å². The summed E-state index contributed by atoms with van der Waals surface area (Å²) in [6.07, 6.45) is 3.74. The molecule has 3 aliphatic carbocycles. The average Bonchev–Trinajstić information content (AvgIpc) is 2.61. The Balaban J connectivity index is 1.60. The van der Waals surface area contributed by atoms with E-state index in [1.54, 1.807) is 0 Å². The molecule has 1 N–H and O–H groups in total. The molecule has 0 radical (unpaired) electrons. The maximum Gasteiger partial charge on any atom is 0.407 e. The van der Waals surface area contributed by atoms with Gasteiger partial charge in [-0.25, -0.2) is 4.79 Å². The van der Waals surface area contributed by atoms with E-state index in [1.807, 2.05) is 30.3 Å². The molecule has 124 valence electrons. The zero-order chi connectivity index (χ0) is 16.2. The number of hydrogen-bond donors (Lipinski definition) is 1. The first kappa shape index (κ1) is 15.8. The topological polar surface area (TPSA) is 64.6 Å². The van der Waals surface area contributed by atoms with Gasteiger partial charge in [-0.15, -0.1) is 0 Å². The lowest BCUT2D eigenvalue weighted by molar-refractivity contribution is -0.153. The minimum Gasteiger partial charge on any atom is -0.469 e. The molecule has 3 saturated carbocycles. The predicted molar refractivity (Wildman–Crippen MR) is 84.5 cm³/mol. The van der Waals surface area contributed by atoms with Crippen molar-refractivity contribution in [2.45, 2.75) is 38.3 Å². The number of amides is 1. The smallest absolute Gasteiger partial charge is 0.407 e. The van der Waals surface area contributed by atoms with Crippen LogP contribution in [0.25, 0.3) is 0 Å². The largest absolute Gasteiger partial charge is 0.469 e. The van der Waals surface area contributed by atoms with Crippen LogP contribution in [0.15, 0.2) is 30.3 Å². The second kappa shape index (κ2) is 7.02. The lowest BCUT2D eigenvalue weighted by atomic mass is 9.61. The van der Waals surface area contributed by atoms with Gasteiger partial charge in [0.15, 0.2) is 0 Å². The van der Waals surface area contributed by atoms with Crippen molar-refractivity contribution < 1.29 is 19.1 Å². The second-order valence-electron chi connectivity index (χ2n) is 6.46. The molecule has 0 aliphatic heterocycles. The summed E-state index contributed by atoms with van der Waals surface area (Å²) >= 11 is 0. The van der Waals surface area contributed by atoms with Gasteiger partial charge in [0.05, 0.1) is 13.0 Å². The quantitative estimate of drug-likeness (QED) is 0.867. The van der Waals surface area contributed by atoms with Crippen LogP contribution < -0.4 is 5.32 Å².